The summed E-state index contributed by atoms with van der Waals surface area (Å²) in [6, 6.07) is 5.57. The molecular formula is C16H22N2O3. The van der Waals surface area contributed by atoms with Gasteiger partial charge in [-0.3, -0.25) is 4.79 Å². The first-order valence-corrected chi connectivity index (χ1v) is 7.63. The Hall–Kier alpha value is -1.75. The highest BCUT2D eigenvalue weighted by molar-refractivity contribution is 6.02. The van der Waals surface area contributed by atoms with Crippen molar-refractivity contribution in [2.24, 2.45) is 0 Å². The van der Waals surface area contributed by atoms with Gasteiger partial charge in [0.1, 0.15) is 11.3 Å². The van der Waals surface area contributed by atoms with Gasteiger partial charge in [0.15, 0.2) is 0 Å². The number of nitrogen functional groups attached to an aromatic ring is 1. The molecule has 3 N–H and O–H groups in total. The summed E-state index contributed by atoms with van der Waals surface area (Å²) >= 11 is 0. The molecular weight excluding hydrogens is 268 g/mol. The van der Waals surface area contributed by atoms with Crippen LogP contribution in [0.1, 0.15) is 43.0 Å². The molecule has 2 unspecified atom stereocenters. The van der Waals surface area contributed by atoms with E-state index in [4.69, 9.17) is 10.5 Å². The lowest BCUT2D eigenvalue weighted by Crippen LogP contribution is -2.48. The van der Waals surface area contributed by atoms with Crippen molar-refractivity contribution in [1.29, 1.82) is 0 Å². The van der Waals surface area contributed by atoms with Crippen molar-refractivity contribution in [3.8, 4) is 5.75 Å². The van der Waals surface area contributed by atoms with Gasteiger partial charge in [-0.25, -0.2) is 0 Å². The fourth-order valence-electron chi connectivity index (χ4n) is 3.66. The maximum absolute atomic E-state index is 13.0. The van der Waals surface area contributed by atoms with E-state index < -0.39 is 0 Å². The van der Waals surface area contributed by atoms with Gasteiger partial charge >= 0.3 is 0 Å². The van der Waals surface area contributed by atoms with Gasteiger partial charge in [0.2, 0.25) is 0 Å². The lowest BCUT2D eigenvalue weighted by molar-refractivity contribution is 0.0285. The largest absolute Gasteiger partial charge is 0.493 e. The van der Waals surface area contributed by atoms with Gasteiger partial charge in [0.05, 0.1) is 12.7 Å². The predicted molar refractivity (Wildman–Crippen MR) is 80.2 cm³/mol. The van der Waals surface area contributed by atoms with E-state index in [1.165, 1.54) is 0 Å². The quantitative estimate of drug-likeness (QED) is 0.832. The van der Waals surface area contributed by atoms with E-state index in [0.29, 0.717) is 36.4 Å². The summed E-state index contributed by atoms with van der Waals surface area (Å²) in [6.07, 6.45) is 2.97. The van der Waals surface area contributed by atoms with Gasteiger partial charge in [-0.05, 0) is 44.7 Å². The molecule has 1 amide bonds. The zero-order chi connectivity index (χ0) is 15.0. The number of hydrogen-bond acceptors (Lipinski definition) is 4. The molecule has 1 aromatic carbocycles. The number of nitrogens with zero attached hydrogens (tertiary/aromatic N) is 1. The third-order valence-corrected chi connectivity index (χ3v) is 4.51. The van der Waals surface area contributed by atoms with Crippen LogP contribution in [-0.4, -0.2) is 40.7 Å². The van der Waals surface area contributed by atoms with Gasteiger partial charge in [0, 0.05) is 17.8 Å². The molecule has 5 heteroatoms. The van der Waals surface area contributed by atoms with E-state index in [-0.39, 0.29) is 24.1 Å². The van der Waals surface area contributed by atoms with Crippen molar-refractivity contribution in [1.82, 2.24) is 4.90 Å². The average molecular weight is 290 g/mol. The number of hydrogen-bond donors (Lipinski definition) is 2. The molecule has 0 aromatic heterocycles. The van der Waals surface area contributed by atoms with E-state index in [0.717, 1.165) is 12.8 Å². The van der Waals surface area contributed by atoms with Crippen molar-refractivity contribution in [3.63, 3.8) is 0 Å². The minimum atomic E-state index is -0.286. The highest BCUT2D eigenvalue weighted by Crippen LogP contribution is 2.38. The van der Waals surface area contributed by atoms with Gasteiger partial charge in [0.25, 0.3) is 5.91 Å². The van der Waals surface area contributed by atoms with Crippen LogP contribution in [0.25, 0.3) is 0 Å². The van der Waals surface area contributed by atoms with Crippen LogP contribution in [0.2, 0.25) is 0 Å². The summed E-state index contributed by atoms with van der Waals surface area (Å²) in [4.78, 5) is 14.9. The number of anilines is 1. The second-order valence-electron chi connectivity index (χ2n) is 5.88. The number of piperidine rings is 1. The zero-order valence-corrected chi connectivity index (χ0v) is 12.3. The highest BCUT2D eigenvalue weighted by atomic mass is 16.5. The SMILES string of the molecule is CCOc1cccc(N)c1C(=O)N1C2CCC1CC(O)C2. The fourth-order valence-corrected chi connectivity index (χ4v) is 3.66. The minimum Gasteiger partial charge on any atom is -0.493 e. The monoisotopic (exact) mass is 290 g/mol. The van der Waals surface area contributed by atoms with Gasteiger partial charge in [-0.1, -0.05) is 6.07 Å². The summed E-state index contributed by atoms with van der Waals surface area (Å²) in [7, 11) is 0. The molecule has 2 aliphatic heterocycles. The average Bonchev–Trinajstić information content (AvgIpc) is 2.71. The van der Waals surface area contributed by atoms with Crippen molar-refractivity contribution in [2.45, 2.75) is 50.8 Å². The Labute approximate surface area is 124 Å². The molecule has 2 heterocycles. The van der Waals surface area contributed by atoms with Gasteiger partial charge < -0.3 is 20.5 Å². The highest BCUT2D eigenvalue weighted by Gasteiger charge is 2.43. The second kappa shape index (κ2) is 5.56. The molecule has 0 radical (unpaired) electrons. The zero-order valence-electron chi connectivity index (χ0n) is 12.3. The van der Waals surface area contributed by atoms with E-state index in [1.54, 1.807) is 18.2 Å². The van der Waals surface area contributed by atoms with Gasteiger partial charge in [-0.2, -0.15) is 0 Å². The smallest absolute Gasteiger partial charge is 0.260 e. The topological polar surface area (TPSA) is 75.8 Å². The Kier molecular flexibility index (Phi) is 3.76. The Morgan fingerprint density at radius 2 is 2.05 bits per heavy atom. The number of aliphatic hydroxyl groups excluding tert-OH is 1. The number of ether oxygens (including phenoxy) is 1. The Morgan fingerprint density at radius 3 is 2.67 bits per heavy atom. The molecule has 2 aliphatic rings. The summed E-state index contributed by atoms with van der Waals surface area (Å²) in [5, 5.41) is 9.87. The number of carbonyl (C=O) groups is 1. The number of carbonyl (C=O) groups excluding carboxylic acids is 1. The number of nitrogens with two attached hydrogens (primary N) is 1. The van der Waals surface area contributed by atoms with Crippen LogP contribution in [-0.2, 0) is 0 Å². The van der Waals surface area contributed by atoms with E-state index in [2.05, 4.69) is 0 Å². The summed E-state index contributed by atoms with van der Waals surface area (Å²) in [5.41, 5.74) is 6.94. The number of rotatable bonds is 3. The first-order chi connectivity index (χ1) is 10.1. The third-order valence-electron chi connectivity index (χ3n) is 4.51. The van der Waals surface area contributed by atoms with Crippen LogP contribution in [0, 0.1) is 0 Å². The second-order valence-corrected chi connectivity index (χ2v) is 5.88. The standard InChI is InChI=1S/C16H22N2O3/c1-2-21-14-5-3-4-13(17)15(14)16(20)18-10-6-7-11(18)9-12(19)8-10/h3-5,10-12,19H,2,6-9,17H2,1H3. The molecule has 2 saturated heterocycles. The lowest BCUT2D eigenvalue weighted by atomic mass is 9.98. The number of fused-ring (bicyclic) bond motifs is 2. The van der Waals surface area contributed by atoms with Crippen LogP contribution in [0.4, 0.5) is 5.69 Å². The van der Waals surface area contributed by atoms with Crippen molar-refractivity contribution >= 4 is 11.6 Å². The van der Waals surface area contributed by atoms with Crippen LogP contribution >= 0.6 is 0 Å². The normalized spacial score (nSPS) is 27.7. The molecule has 114 valence electrons. The maximum atomic E-state index is 13.0. The molecule has 2 atom stereocenters. The summed E-state index contributed by atoms with van der Waals surface area (Å²) in [5.74, 6) is 0.490. The minimum absolute atomic E-state index is 0.0593. The first kappa shape index (κ1) is 14.2. The lowest BCUT2D eigenvalue weighted by Gasteiger charge is -2.37. The molecule has 21 heavy (non-hydrogen) atoms. The summed E-state index contributed by atoms with van der Waals surface area (Å²) in [6.45, 7) is 2.38. The molecule has 5 nitrogen and oxygen atoms in total. The Balaban J connectivity index is 1.93. The predicted octanol–water partition coefficient (Wildman–Crippen LogP) is 1.80. The fraction of sp³-hybridized carbons (Fsp3) is 0.562. The Morgan fingerprint density at radius 1 is 1.38 bits per heavy atom. The molecule has 0 saturated carbocycles. The van der Waals surface area contributed by atoms with Crippen molar-refractivity contribution in [3.05, 3.63) is 23.8 Å². The third kappa shape index (κ3) is 2.46. The molecule has 1 aromatic rings. The number of amides is 1. The van der Waals surface area contributed by atoms with E-state index in [1.807, 2.05) is 11.8 Å². The van der Waals surface area contributed by atoms with E-state index >= 15 is 0 Å². The molecule has 0 spiro atoms. The summed E-state index contributed by atoms with van der Waals surface area (Å²) < 4.78 is 5.56. The van der Waals surface area contributed by atoms with Crippen molar-refractivity contribution < 1.29 is 14.6 Å². The maximum Gasteiger partial charge on any atom is 0.260 e. The number of benzene rings is 1. The molecule has 2 fully saturated rings. The van der Waals surface area contributed by atoms with Crippen LogP contribution in [0.3, 0.4) is 0 Å². The Bertz CT molecular complexity index is 532. The van der Waals surface area contributed by atoms with E-state index in [9.17, 15) is 9.90 Å². The molecule has 2 bridgehead atoms. The van der Waals surface area contributed by atoms with Crippen LogP contribution in [0.5, 0.6) is 5.75 Å². The first-order valence-electron chi connectivity index (χ1n) is 7.63. The molecule has 0 aliphatic carbocycles. The van der Waals surface area contributed by atoms with Crippen molar-refractivity contribution in [2.75, 3.05) is 12.3 Å². The van der Waals surface area contributed by atoms with Crippen LogP contribution < -0.4 is 10.5 Å². The van der Waals surface area contributed by atoms with Crippen LogP contribution in [0.15, 0.2) is 18.2 Å². The van der Waals surface area contributed by atoms with Gasteiger partial charge in [-0.15, -0.1) is 0 Å². The molecule has 3 rings (SSSR count). The number of aliphatic hydroxyl groups is 1.